The Labute approximate surface area is 85.0 Å². The number of aliphatic hydroxyl groups is 2. The summed E-state index contributed by atoms with van der Waals surface area (Å²) in [4.78, 5) is 13.3. The number of H-pyrrole nitrogens is 1. The molecule has 0 aliphatic carbocycles. The van der Waals surface area contributed by atoms with E-state index in [0.717, 1.165) is 0 Å². The van der Waals surface area contributed by atoms with Gasteiger partial charge in [0.25, 0.3) is 0 Å². The summed E-state index contributed by atoms with van der Waals surface area (Å²) in [6.45, 7) is 1.49. The summed E-state index contributed by atoms with van der Waals surface area (Å²) in [7, 11) is 0. The Balaban J connectivity index is 2.50. The SMILES string of the molecule is CC(O)C(O)c1ccc2oc(=O)[nH]c2c1. The summed E-state index contributed by atoms with van der Waals surface area (Å²) < 4.78 is 4.81. The highest BCUT2D eigenvalue weighted by atomic mass is 16.4. The normalized spacial score (nSPS) is 15.4. The smallest absolute Gasteiger partial charge is 0.408 e. The van der Waals surface area contributed by atoms with Crippen molar-refractivity contribution in [3.05, 3.63) is 34.3 Å². The number of fused-ring (bicyclic) bond motifs is 1. The molecule has 0 radical (unpaired) electrons. The molecule has 0 bridgehead atoms. The van der Waals surface area contributed by atoms with Crippen LogP contribution in [0.25, 0.3) is 11.1 Å². The number of benzene rings is 1. The van der Waals surface area contributed by atoms with Gasteiger partial charge in [-0.1, -0.05) is 6.07 Å². The molecule has 0 aliphatic heterocycles. The largest absolute Gasteiger partial charge is 0.417 e. The Hall–Kier alpha value is -1.59. The zero-order valence-electron chi connectivity index (χ0n) is 8.10. The summed E-state index contributed by atoms with van der Waals surface area (Å²) >= 11 is 0. The quantitative estimate of drug-likeness (QED) is 0.673. The van der Waals surface area contributed by atoms with Crippen LogP contribution in [0.5, 0.6) is 0 Å². The number of hydrogen-bond acceptors (Lipinski definition) is 4. The summed E-state index contributed by atoms with van der Waals surface area (Å²) in [5, 5.41) is 18.8. The fraction of sp³-hybridized carbons (Fsp3) is 0.300. The molecular formula is C10H11NO4. The van der Waals surface area contributed by atoms with E-state index in [2.05, 4.69) is 4.98 Å². The van der Waals surface area contributed by atoms with Crippen LogP contribution in [0.3, 0.4) is 0 Å². The number of oxazole rings is 1. The number of rotatable bonds is 2. The van der Waals surface area contributed by atoms with E-state index >= 15 is 0 Å². The molecule has 3 N–H and O–H groups in total. The fourth-order valence-electron chi connectivity index (χ4n) is 1.43. The average Bonchev–Trinajstić information content (AvgIpc) is 2.55. The van der Waals surface area contributed by atoms with Gasteiger partial charge in [-0.05, 0) is 24.6 Å². The second-order valence-corrected chi connectivity index (χ2v) is 3.46. The van der Waals surface area contributed by atoms with Gasteiger partial charge in [0.1, 0.15) is 6.10 Å². The van der Waals surface area contributed by atoms with Crippen molar-refractivity contribution in [2.45, 2.75) is 19.1 Å². The molecule has 0 spiro atoms. The van der Waals surface area contributed by atoms with Crippen molar-refractivity contribution in [1.82, 2.24) is 4.98 Å². The van der Waals surface area contributed by atoms with Gasteiger partial charge in [-0.25, -0.2) is 4.79 Å². The van der Waals surface area contributed by atoms with Crippen molar-refractivity contribution in [1.29, 1.82) is 0 Å². The molecule has 80 valence electrons. The van der Waals surface area contributed by atoms with Crippen molar-refractivity contribution in [2.24, 2.45) is 0 Å². The topological polar surface area (TPSA) is 86.5 Å². The van der Waals surface area contributed by atoms with E-state index in [4.69, 9.17) is 4.42 Å². The van der Waals surface area contributed by atoms with E-state index in [9.17, 15) is 15.0 Å². The molecule has 0 saturated heterocycles. The molecule has 0 aliphatic rings. The van der Waals surface area contributed by atoms with Gasteiger partial charge in [0.2, 0.25) is 0 Å². The third kappa shape index (κ3) is 1.79. The lowest BCUT2D eigenvalue weighted by Gasteiger charge is -2.13. The molecule has 2 unspecified atom stereocenters. The Morgan fingerprint density at radius 2 is 2.13 bits per heavy atom. The third-order valence-corrected chi connectivity index (χ3v) is 2.24. The number of aliphatic hydroxyl groups excluding tert-OH is 2. The van der Waals surface area contributed by atoms with E-state index in [1.54, 1.807) is 18.2 Å². The maximum Gasteiger partial charge on any atom is 0.417 e. The van der Waals surface area contributed by atoms with Crippen molar-refractivity contribution in [3.63, 3.8) is 0 Å². The number of nitrogens with one attached hydrogen (secondary N) is 1. The highest BCUT2D eigenvalue weighted by molar-refractivity contribution is 5.72. The summed E-state index contributed by atoms with van der Waals surface area (Å²) in [6.07, 6.45) is -1.83. The van der Waals surface area contributed by atoms with Crippen LogP contribution in [0.4, 0.5) is 0 Å². The van der Waals surface area contributed by atoms with Gasteiger partial charge in [0.15, 0.2) is 5.58 Å². The van der Waals surface area contributed by atoms with E-state index < -0.39 is 18.0 Å². The Bertz CT molecular complexity index is 525. The lowest BCUT2D eigenvalue weighted by Crippen LogP contribution is -2.13. The maximum absolute atomic E-state index is 10.9. The summed E-state index contributed by atoms with van der Waals surface area (Å²) in [5.74, 6) is -0.534. The van der Waals surface area contributed by atoms with Gasteiger partial charge in [0.05, 0.1) is 11.6 Å². The van der Waals surface area contributed by atoms with Crippen molar-refractivity contribution < 1.29 is 14.6 Å². The molecule has 0 fully saturated rings. The van der Waals surface area contributed by atoms with Crippen LogP contribution in [-0.4, -0.2) is 21.3 Å². The number of aromatic amines is 1. The van der Waals surface area contributed by atoms with E-state index in [-0.39, 0.29) is 0 Å². The third-order valence-electron chi connectivity index (χ3n) is 2.24. The second-order valence-electron chi connectivity index (χ2n) is 3.46. The van der Waals surface area contributed by atoms with Gasteiger partial charge < -0.3 is 14.6 Å². The molecule has 2 atom stereocenters. The summed E-state index contributed by atoms with van der Waals surface area (Å²) in [5.41, 5.74) is 1.48. The monoisotopic (exact) mass is 209 g/mol. The van der Waals surface area contributed by atoms with Crippen LogP contribution in [-0.2, 0) is 0 Å². The highest BCUT2D eigenvalue weighted by Gasteiger charge is 2.14. The molecule has 1 aromatic heterocycles. The van der Waals surface area contributed by atoms with Crippen LogP contribution in [0.1, 0.15) is 18.6 Å². The minimum Gasteiger partial charge on any atom is -0.408 e. The Morgan fingerprint density at radius 1 is 1.40 bits per heavy atom. The predicted molar refractivity (Wildman–Crippen MR) is 53.5 cm³/mol. The van der Waals surface area contributed by atoms with E-state index in [1.807, 2.05) is 0 Å². The molecule has 15 heavy (non-hydrogen) atoms. The van der Waals surface area contributed by atoms with Crippen LogP contribution < -0.4 is 5.76 Å². The fourth-order valence-corrected chi connectivity index (χ4v) is 1.43. The molecule has 0 amide bonds. The Morgan fingerprint density at radius 3 is 2.80 bits per heavy atom. The average molecular weight is 209 g/mol. The van der Waals surface area contributed by atoms with Crippen molar-refractivity contribution >= 4 is 11.1 Å². The molecule has 5 heteroatoms. The minimum atomic E-state index is -0.965. The number of aromatic nitrogens is 1. The van der Waals surface area contributed by atoms with Gasteiger partial charge in [0, 0.05) is 0 Å². The lowest BCUT2D eigenvalue weighted by molar-refractivity contribution is 0.0306. The second kappa shape index (κ2) is 3.52. The number of hydrogen-bond donors (Lipinski definition) is 3. The van der Waals surface area contributed by atoms with Crippen LogP contribution in [0, 0.1) is 0 Å². The molecule has 1 aromatic carbocycles. The first-order valence-corrected chi connectivity index (χ1v) is 4.57. The first-order chi connectivity index (χ1) is 7.08. The molecule has 2 rings (SSSR count). The summed E-state index contributed by atoms with van der Waals surface area (Å²) in [6, 6.07) is 4.77. The van der Waals surface area contributed by atoms with Crippen molar-refractivity contribution in [2.75, 3.05) is 0 Å². The molecule has 0 saturated carbocycles. The van der Waals surface area contributed by atoms with Gasteiger partial charge in [-0.2, -0.15) is 0 Å². The first kappa shape index (κ1) is 9.95. The molecule has 1 heterocycles. The first-order valence-electron chi connectivity index (χ1n) is 4.57. The van der Waals surface area contributed by atoms with Gasteiger partial charge >= 0.3 is 5.76 Å². The standard InChI is InChI=1S/C10H11NO4/c1-5(12)9(13)6-2-3-8-7(4-6)11-10(14)15-8/h2-5,9,12-13H,1H3,(H,11,14). The van der Waals surface area contributed by atoms with Gasteiger partial charge in [-0.3, -0.25) is 4.98 Å². The maximum atomic E-state index is 10.9. The molecular weight excluding hydrogens is 198 g/mol. The van der Waals surface area contributed by atoms with E-state index in [1.165, 1.54) is 6.92 Å². The highest BCUT2D eigenvalue weighted by Crippen LogP contribution is 2.20. The zero-order chi connectivity index (χ0) is 11.0. The van der Waals surface area contributed by atoms with Crippen molar-refractivity contribution in [3.8, 4) is 0 Å². The minimum absolute atomic E-state index is 0.432. The van der Waals surface area contributed by atoms with Crippen LogP contribution >= 0.6 is 0 Å². The zero-order valence-corrected chi connectivity index (χ0v) is 8.10. The van der Waals surface area contributed by atoms with E-state index in [0.29, 0.717) is 16.7 Å². The Kier molecular flexibility index (Phi) is 2.34. The van der Waals surface area contributed by atoms with Gasteiger partial charge in [-0.15, -0.1) is 0 Å². The predicted octanol–water partition coefficient (Wildman–Crippen LogP) is 0.535. The van der Waals surface area contributed by atoms with Crippen LogP contribution in [0.15, 0.2) is 27.4 Å². The molecule has 5 nitrogen and oxygen atoms in total. The van der Waals surface area contributed by atoms with Crippen LogP contribution in [0.2, 0.25) is 0 Å². The molecule has 2 aromatic rings. The lowest BCUT2D eigenvalue weighted by atomic mass is 10.1.